The lowest BCUT2D eigenvalue weighted by Crippen LogP contribution is -2.30. The van der Waals surface area contributed by atoms with E-state index in [4.69, 9.17) is 0 Å². The van der Waals surface area contributed by atoms with Gasteiger partial charge in [-0.25, -0.2) is 8.42 Å². The minimum atomic E-state index is -3.34. The van der Waals surface area contributed by atoms with Crippen LogP contribution in [0.15, 0.2) is 54.6 Å². The number of hydrogen-bond donors (Lipinski definition) is 1. The molecule has 146 valence electrons. The van der Waals surface area contributed by atoms with Crippen molar-refractivity contribution in [2.24, 2.45) is 5.92 Å². The molecular formula is C21H28N2O3S. The molecule has 0 aliphatic heterocycles. The molecular weight excluding hydrogens is 360 g/mol. The van der Waals surface area contributed by atoms with E-state index in [2.05, 4.69) is 19.2 Å². The van der Waals surface area contributed by atoms with Crippen LogP contribution < -0.4 is 9.62 Å². The van der Waals surface area contributed by atoms with Gasteiger partial charge in [-0.15, -0.1) is 0 Å². The van der Waals surface area contributed by atoms with Gasteiger partial charge in [0.15, 0.2) is 0 Å². The molecule has 0 aromatic heterocycles. The number of carbonyl (C=O) groups excluding carboxylic acids is 1. The molecule has 1 atom stereocenters. The molecule has 5 nitrogen and oxygen atoms in total. The van der Waals surface area contributed by atoms with Crippen molar-refractivity contribution in [3.63, 3.8) is 0 Å². The van der Waals surface area contributed by atoms with Crippen molar-refractivity contribution in [1.29, 1.82) is 0 Å². The first-order chi connectivity index (χ1) is 12.7. The molecule has 1 N–H and O–H groups in total. The minimum absolute atomic E-state index is 0.0680. The van der Waals surface area contributed by atoms with E-state index in [1.807, 2.05) is 30.3 Å². The average Bonchev–Trinajstić information content (AvgIpc) is 2.61. The Balaban J connectivity index is 2.18. The van der Waals surface area contributed by atoms with E-state index in [-0.39, 0.29) is 11.9 Å². The van der Waals surface area contributed by atoms with E-state index >= 15 is 0 Å². The van der Waals surface area contributed by atoms with Gasteiger partial charge in [0.2, 0.25) is 10.0 Å². The van der Waals surface area contributed by atoms with Gasteiger partial charge in [-0.1, -0.05) is 44.2 Å². The molecule has 0 radical (unpaired) electrons. The maximum absolute atomic E-state index is 12.7. The fraction of sp³-hybridized carbons (Fsp3) is 0.381. The molecule has 2 rings (SSSR count). The van der Waals surface area contributed by atoms with Crippen molar-refractivity contribution in [3.05, 3.63) is 65.7 Å². The Morgan fingerprint density at radius 2 is 1.63 bits per heavy atom. The SMILES string of the molecule is CCN(c1ccc(C(=O)N[C@H](CC(C)C)c2ccccc2)cc1)S(C)(=O)=O. The van der Waals surface area contributed by atoms with Gasteiger partial charge < -0.3 is 5.32 Å². The van der Waals surface area contributed by atoms with Crippen LogP contribution in [0, 0.1) is 5.92 Å². The monoisotopic (exact) mass is 388 g/mol. The highest BCUT2D eigenvalue weighted by molar-refractivity contribution is 7.92. The first kappa shape index (κ1) is 21.0. The van der Waals surface area contributed by atoms with E-state index in [1.165, 1.54) is 10.6 Å². The highest BCUT2D eigenvalue weighted by atomic mass is 32.2. The van der Waals surface area contributed by atoms with E-state index in [0.29, 0.717) is 23.7 Å². The van der Waals surface area contributed by atoms with Gasteiger partial charge in [0.1, 0.15) is 0 Å². The summed E-state index contributed by atoms with van der Waals surface area (Å²) in [5.41, 5.74) is 2.14. The summed E-state index contributed by atoms with van der Waals surface area (Å²) in [7, 11) is -3.34. The van der Waals surface area contributed by atoms with Gasteiger partial charge >= 0.3 is 0 Å². The predicted octanol–water partition coefficient (Wildman–Crippen LogP) is 3.99. The normalized spacial score (nSPS) is 12.6. The van der Waals surface area contributed by atoms with Crippen LogP contribution in [0.2, 0.25) is 0 Å². The number of nitrogens with zero attached hydrogens (tertiary/aromatic N) is 1. The third-order valence-corrected chi connectivity index (χ3v) is 5.59. The standard InChI is InChI=1S/C21H28N2O3S/c1-5-23(27(4,25)26)19-13-11-18(12-14-19)21(24)22-20(15-16(2)3)17-9-7-6-8-10-17/h6-14,16,20H,5,15H2,1-4H3,(H,22,24)/t20-/m1/s1. The number of rotatable bonds is 8. The Bertz CT molecular complexity index is 847. The molecule has 0 bridgehead atoms. The molecule has 1 amide bonds. The summed E-state index contributed by atoms with van der Waals surface area (Å²) in [6.45, 7) is 6.37. The number of amides is 1. The van der Waals surface area contributed by atoms with E-state index < -0.39 is 10.0 Å². The molecule has 0 saturated carbocycles. The summed E-state index contributed by atoms with van der Waals surface area (Å²) in [4.78, 5) is 12.7. The quantitative estimate of drug-likeness (QED) is 0.743. The van der Waals surface area contributed by atoms with Crippen LogP contribution in [0.3, 0.4) is 0 Å². The molecule has 0 heterocycles. The van der Waals surface area contributed by atoms with E-state index in [0.717, 1.165) is 12.0 Å². The van der Waals surface area contributed by atoms with Crippen molar-refractivity contribution < 1.29 is 13.2 Å². The third kappa shape index (κ3) is 5.82. The zero-order valence-corrected chi connectivity index (χ0v) is 17.2. The van der Waals surface area contributed by atoms with Gasteiger partial charge in [-0.05, 0) is 49.1 Å². The Morgan fingerprint density at radius 1 is 1.04 bits per heavy atom. The summed E-state index contributed by atoms with van der Waals surface area (Å²) in [6.07, 6.45) is 2.01. The Morgan fingerprint density at radius 3 is 2.11 bits per heavy atom. The van der Waals surface area contributed by atoms with Crippen LogP contribution in [0.4, 0.5) is 5.69 Å². The second-order valence-electron chi connectivity index (χ2n) is 7.04. The first-order valence-corrected chi connectivity index (χ1v) is 11.0. The third-order valence-electron chi connectivity index (χ3n) is 4.32. The summed E-state index contributed by atoms with van der Waals surface area (Å²) in [5, 5.41) is 3.10. The van der Waals surface area contributed by atoms with Crippen molar-refractivity contribution in [1.82, 2.24) is 5.32 Å². The Hall–Kier alpha value is -2.34. The molecule has 2 aromatic rings. The van der Waals surface area contributed by atoms with Gasteiger partial charge in [0.25, 0.3) is 5.91 Å². The molecule has 0 unspecified atom stereocenters. The molecule has 0 aliphatic rings. The molecule has 2 aromatic carbocycles. The summed E-state index contributed by atoms with van der Waals surface area (Å²) in [5.74, 6) is 0.268. The number of carbonyl (C=O) groups is 1. The van der Waals surface area contributed by atoms with Gasteiger partial charge in [0, 0.05) is 12.1 Å². The maximum atomic E-state index is 12.7. The number of sulfonamides is 1. The molecule has 0 saturated heterocycles. The smallest absolute Gasteiger partial charge is 0.251 e. The van der Waals surface area contributed by atoms with Crippen LogP contribution in [0.5, 0.6) is 0 Å². The summed E-state index contributed by atoms with van der Waals surface area (Å²) >= 11 is 0. The molecule has 0 spiro atoms. The second kappa shape index (κ2) is 9.04. The maximum Gasteiger partial charge on any atom is 0.251 e. The van der Waals surface area contributed by atoms with Crippen LogP contribution in [-0.4, -0.2) is 27.1 Å². The highest BCUT2D eigenvalue weighted by Crippen LogP contribution is 2.23. The van der Waals surface area contributed by atoms with Crippen LogP contribution >= 0.6 is 0 Å². The Kier molecular flexibility index (Phi) is 7.02. The van der Waals surface area contributed by atoms with Gasteiger partial charge in [-0.3, -0.25) is 9.10 Å². The van der Waals surface area contributed by atoms with Crippen LogP contribution in [0.25, 0.3) is 0 Å². The predicted molar refractivity (Wildman–Crippen MR) is 110 cm³/mol. The van der Waals surface area contributed by atoms with Gasteiger partial charge in [0.05, 0.1) is 18.0 Å². The molecule has 27 heavy (non-hydrogen) atoms. The number of anilines is 1. The highest BCUT2D eigenvalue weighted by Gasteiger charge is 2.19. The van der Waals surface area contributed by atoms with E-state index in [1.54, 1.807) is 31.2 Å². The van der Waals surface area contributed by atoms with Crippen LogP contribution in [0.1, 0.15) is 49.2 Å². The lowest BCUT2D eigenvalue weighted by molar-refractivity contribution is 0.0932. The molecule has 6 heteroatoms. The van der Waals surface area contributed by atoms with Crippen LogP contribution in [-0.2, 0) is 10.0 Å². The molecule has 0 aliphatic carbocycles. The minimum Gasteiger partial charge on any atom is -0.345 e. The number of hydrogen-bond acceptors (Lipinski definition) is 3. The lowest BCUT2D eigenvalue weighted by atomic mass is 9.96. The fourth-order valence-electron chi connectivity index (χ4n) is 3.06. The zero-order valence-electron chi connectivity index (χ0n) is 16.3. The van der Waals surface area contributed by atoms with Crippen molar-refractivity contribution in [3.8, 4) is 0 Å². The second-order valence-corrected chi connectivity index (χ2v) is 8.95. The first-order valence-electron chi connectivity index (χ1n) is 9.16. The molecule has 0 fully saturated rings. The fourth-order valence-corrected chi connectivity index (χ4v) is 4.04. The summed E-state index contributed by atoms with van der Waals surface area (Å²) < 4.78 is 25.0. The lowest BCUT2D eigenvalue weighted by Gasteiger charge is -2.22. The van der Waals surface area contributed by atoms with Crippen molar-refractivity contribution >= 4 is 21.6 Å². The number of benzene rings is 2. The Labute approximate surface area is 162 Å². The van der Waals surface area contributed by atoms with Crippen molar-refractivity contribution in [2.75, 3.05) is 17.1 Å². The number of nitrogens with one attached hydrogen (secondary N) is 1. The van der Waals surface area contributed by atoms with Crippen molar-refractivity contribution in [2.45, 2.75) is 33.2 Å². The zero-order chi connectivity index (χ0) is 20.0. The summed E-state index contributed by atoms with van der Waals surface area (Å²) in [6, 6.07) is 16.5. The topological polar surface area (TPSA) is 66.5 Å². The van der Waals surface area contributed by atoms with Gasteiger partial charge in [-0.2, -0.15) is 0 Å². The van der Waals surface area contributed by atoms with E-state index in [9.17, 15) is 13.2 Å². The average molecular weight is 389 g/mol. The largest absolute Gasteiger partial charge is 0.345 e.